The predicted molar refractivity (Wildman–Crippen MR) is 128 cm³/mol. The van der Waals surface area contributed by atoms with Gasteiger partial charge in [0.25, 0.3) is 0 Å². The number of aromatic nitrogens is 3. The zero-order valence-corrected chi connectivity index (χ0v) is 19.2. The maximum absolute atomic E-state index is 15.1. The number of anilines is 1. The number of fused-ring (bicyclic) bond motifs is 2. The molecule has 9 heteroatoms. The minimum absolute atomic E-state index is 0.191. The van der Waals surface area contributed by atoms with Crippen LogP contribution in [0.25, 0.3) is 32.4 Å². The average molecular weight is 458 g/mol. The molecule has 0 unspecified atom stereocenters. The number of H-pyrrole nitrogens is 1. The molecule has 0 radical (unpaired) electrons. The lowest BCUT2D eigenvalue weighted by Gasteiger charge is -2.30. The van der Waals surface area contributed by atoms with Crippen molar-refractivity contribution in [3.05, 3.63) is 35.8 Å². The molecular formula is C22H25FN5OPS. The lowest BCUT2D eigenvalue weighted by atomic mass is 9.94. The smallest absolute Gasteiger partial charge is 0.223 e. The molecule has 1 aliphatic heterocycles. The van der Waals surface area contributed by atoms with Crippen molar-refractivity contribution in [2.75, 3.05) is 38.3 Å². The van der Waals surface area contributed by atoms with Gasteiger partial charge in [0.2, 0.25) is 5.95 Å². The van der Waals surface area contributed by atoms with E-state index in [4.69, 9.17) is 4.98 Å². The monoisotopic (exact) mass is 457 g/mol. The van der Waals surface area contributed by atoms with Crippen LogP contribution < -0.4 is 15.9 Å². The summed E-state index contributed by atoms with van der Waals surface area (Å²) < 4.78 is 28.8. The minimum Gasteiger partial charge on any atom is -0.360 e. The lowest BCUT2D eigenvalue weighted by Crippen LogP contribution is -2.43. The van der Waals surface area contributed by atoms with Gasteiger partial charge in [-0.1, -0.05) is 12.1 Å². The van der Waals surface area contributed by atoms with Crippen molar-refractivity contribution in [1.82, 2.24) is 20.3 Å². The summed E-state index contributed by atoms with van der Waals surface area (Å²) in [5.74, 6) is 0.429. The van der Waals surface area contributed by atoms with Crippen molar-refractivity contribution < 1.29 is 8.96 Å². The molecule has 0 bridgehead atoms. The molecule has 31 heavy (non-hydrogen) atoms. The van der Waals surface area contributed by atoms with Crippen LogP contribution in [0.5, 0.6) is 0 Å². The number of halogens is 1. The molecule has 1 aromatic carbocycles. The highest BCUT2D eigenvalue weighted by Crippen LogP contribution is 2.40. The van der Waals surface area contributed by atoms with Crippen LogP contribution in [0, 0.1) is 0 Å². The Morgan fingerprint density at radius 2 is 2.03 bits per heavy atom. The molecule has 3 aromatic heterocycles. The second-order valence-electron chi connectivity index (χ2n) is 8.54. The van der Waals surface area contributed by atoms with Crippen molar-refractivity contribution in [2.24, 2.45) is 0 Å². The molecule has 3 N–H and O–H groups in total. The first-order valence-corrected chi connectivity index (χ1v) is 13.9. The van der Waals surface area contributed by atoms with Crippen molar-refractivity contribution in [3.8, 4) is 11.3 Å². The summed E-state index contributed by atoms with van der Waals surface area (Å²) in [5, 5.41) is 10.1. The minimum atomic E-state index is -2.44. The van der Waals surface area contributed by atoms with Crippen molar-refractivity contribution in [2.45, 2.75) is 18.5 Å². The molecule has 0 atom stereocenters. The van der Waals surface area contributed by atoms with Gasteiger partial charge < -0.3 is 20.2 Å². The summed E-state index contributed by atoms with van der Waals surface area (Å²) in [7, 11) is -2.44. The van der Waals surface area contributed by atoms with Gasteiger partial charge in [0.1, 0.15) is 12.8 Å². The Hall–Kier alpha value is -2.28. The number of thiophene rings is 1. The quantitative estimate of drug-likeness (QED) is 0.382. The summed E-state index contributed by atoms with van der Waals surface area (Å²) in [6.07, 6.45) is 2.87. The van der Waals surface area contributed by atoms with Gasteiger partial charge in [-0.25, -0.2) is 14.4 Å². The van der Waals surface area contributed by atoms with E-state index < -0.39 is 12.8 Å². The number of piperidine rings is 1. The first-order chi connectivity index (χ1) is 14.8. The first-order valence-electron chi connectivity index (χ1n) is 10.4. The van der Waals surface area contributed by atoms with Crippen LogP contribution in [-0.2, 0) is 4.57 Å². The predicted octanol–water partition coefficient (Wildman–Crippen LogP) is 4.59. The fourth-order valence-corrected chi connectivity index (χ4v) is 6.20. The highest BCUT2D eigenvalue weighted by atomic mass is 32.1. The molecule has 4 aromatic rings. The number of para-hydroxylation sites is 1. The van der Waals surface area contributed by atoms with E-state index in [9.17, 15) is 4.57 Å². The molecule has 5 rings (SSSR count). The number of aromatic amines is 1. The maximum Gasteiger partial charge on any atom is 0.223 e. The first kappa shape index (κ1) is 20.6. The van der Waals surface area contributed by atoms with E-state index in [0.29, 0.717) is 31.9 Å². The van der Waals surface area contributed by atoms with Gasteiger partial charge in [-0.15, -0.1) is 11.3 Å². The number of alkyl halides is 1. The van der Waals surface area contributed by atoms with Gasteiger partial charge in [0, 0.05) is 22.5 Å². The zero-order chi connectivity index (χ0) is 21.6. The molecule has 1 saturated heterocycles. The van der Waals surface area contributed by atoms with E-state index in [1.165, 1.54) is 0 Å². The zero-order valence-electron chi connectivity index (χ0n) is 17.5. The second-order valence-corrected chi connectivity index (χ2v) is 12.6. The Bertz CT molecular complexity index is 1300. The molecule has 0 amide bonds. The standard InChI is InChI=1S/C22H25FN5OPS/c1-30(2,29)17-5-3-4-14-15(12-25-18(14)17)19-20-16(6-11-31-20)27-21(28-19)26-13-22(23)7-9-24-10-8-22/h3-6,11-12,24-25H,7-10,13H2,1-2H3,(H,26,27,28). The van der Waals surface area contributed by atoms with Crippen molar-refractivity contribution >= 4 is 50.9 Å². The third-order valence-electron chi connectivity index (χ3n) is 5.90. The van der Waals surface area contributed by atoms with Gasteiger partial charge in [-0.2, -0.15) is 0 Å². The van der Waals surface area contributed by atoms with Crippen LogP contribution in [0.15, 0.2) is 35.8 Å². The Balaban J connectivity index is 1.57. The van der Waals surface area contributed by atoms with E-state index in [-0.39, 0.29) is 6.54 Å². The summed E-state index contributed by atoms with van der Waals surface area (Å²) in [6.45, 7) is 5.12. The number of benzene rings is 1. The highest BCUT2D eigenvalue weighted by Gasteiger charge is 2.31. The third kappa shape index (κ3) is 3.88. The third-order valence-corrected chi connectivity index (χ3v) is 8.34. The molecular weight excluding hydrogens is 432 g/mol. The van der Waals surface area contributed by atoms with Crippen molar-refractivity contribution in [1.29, 1.82) is 0 Å². The summed E-state index contributed by atoms with van der Waals surface area (Å²) >= 11 is 1.58. The van der Waals surface area contributed by atoms with Gasteiger partial charge in [-0.3, -0.25) is 0 Å². The summed E-state index contributed by atoms with van der Waals surface area (Å²) in [6, 6.07) is 7.82. The van der Waals surface area contributed by atoms with E-state index in [1.807, 2.05) is 35.8 Å². The van der Waals surface area contributed by atoms with Crippen LogP contribution in [0.2, 0.25) is 0 Å². The highest BCUT2D eigenvalue weighted by molar-refractivity contribution is 7.70. The van der Waals surface area contributed by atoms with Crippen molar-refractivity contribution in [3.63, 3.8) is 0 Å². The van der Waals surface area contributed by atoms with Gasteiger partial charge >= 0.3 is 0 Å². The molecule has 0 spiro atoms. The molecule has 1 aliphatic rings. The van der Waals surface area contributed by atoms with Gasteiger partial charge in [0.05, 0.1) is 28.0 Å². The van der Waals surface area contributed by atoms with E-state index >= 15 is 4.39 Å². The fourth-order valence-electron chi connectivity index (χ4n) is 4.20. The topological polar surface area (TPSA) is 82.7 Å². The summed E-state index contributed by atoms with van der Waals surface area (Å²) in [4.78, 5) is 12.7. The van der Waals surface area contributed by atoms with E-state index in [2.05, 4.69) is 20.6 Å². The van der Waals surface area contributed by atoms with Crippen LogP contribution >= 0.6 is 18.5 Å². The van der Waals surface area contributed by atoms with Crippen LogP contribution in [0.4, 0.5) is 10.3 Å². The maximum atomic E-state index is 15.1. The molecule has 0 saturated carbocycles. The number of nitrogens with zero attached hydrogens (tertiary/aromatic N) is 2. The van der Waals surface area contributed by atoms with Crippen LogP contribution in [0.1, 0.15) is 12.8 Å². The molecule has 162 valence electrons. The van der Waals surface area contributed by atoms with E-state index in [1.54, 1.807) is 24.7 Å². The lowest BCUT2D eigenvalue weighted by molar-refractivity contribution is 0.131. The SMILES string of the molecule is CP(C)(=O)c1cccc2c(-c3nc(NCC4(F)CCNCC4)nc4ccsc34)c[nH]c12. The molecule has 6 nitrogen and oxygen atoms in total. The van der Waals surface area contributed by atoms with Gasteiger partial charge in [-0.05, 0) is 56.8 Å². The number of rotatable bonds is 5. The van der Waals surface area contributed by atoms with Crippen LogP contribution in [-0.4, -0.2) is 53.6 Å². The Kier molecular flexibility index (Phi) is 5.12. The molecule has 1 fully saturated rings. The molecule has 4 heterocycles. The average Bonchev–Trinajstić information content (AvgIpc) is 3.38. The largest absolute Gasteiger partial charge is 0.360 e. The number of nitrogens with one attached hydrogen (secondary N) is 3. The Morgan fingerprint density at radius 1 is 1.23 bits per heavy atom. The second kappa shape index (κ2) is 7.69. The number of hydrogen-bond donors (Lipinski definition) is 3. The normalized spacial score (nSPS) is 16.7. The Labute approximate surface area is 184 Å². The number of hydrogen-bond acceptors (Lipinski definition) is 6. The van der Waals surface area contributed by atoms with E-state index in [0.717, 1.165) is 37.7 Å². The summed E-state index contributed by atoms with van der Waals surface area (Å²) in [5.41, 5.74) is 2.18. The fraction of sp³-hybridized carbons (Fsp3) is 0.364. The van der Waals surface area contributed by atoms with Crippen LogP contribution in [0.3, 0.4) is 0 Å². The Morgan fingerprint density at radius 3 is 2.81 bits per heavy atom. The molecule has 0 aliphatic carbocycles. The van der Waals surface area contributed by atoms with Gasteiger partial charge in [0.15, 0.2) is 0 Å².